The first kappa shape index (κ1) is 12.7. The average molecular weight is 295 g/mol. The summed E-state index contributed by atoms with van der Waals surface area (Å²) in [5, 5.41) is 3.38. The van der Waals surface area contributed by atoms with Crippen molar-refractivity contribution >= 4 is 11.4 Å². The molecule has 22 heavy (non-hydrogen) atoms. The van der Waals surface area contributed by atoms with Crippen molar-refractivity contribution in [2.45, 2.75) is 37.3 Å². The monoisotopic (exact) mass is 295 g/mol. The summed E-state index contributed by atoms with van der Waals surface area (Å²) < 4.78 is 2.01. The van der Waals surface area contributed by atoms with Gasteiger partial charge in [0.2, 0.25) is 0 Å². The fraction of sp³-hybridized carbons (Fsp3) is 0.500. The molecule has 1 aliphatic carbocycles. The number of aromatic nitrogens is 1. The molecular formula is C18H21N3O. The Labute approximate surface area is 130 Å². The zero-order valence-electron chi connectivity index (χ0n) is 12.7. The lowest BCUT2D eigenvalue weighted by Gasteiger charge is -2.52. The summed E-state index contributed by atoms with van der Waals surface area (Å²) in [7, 11) is 0. The van der Waals surface area contributed by atoms with E-state index in [1.54, 1.807) is 0 Å². The number of rotatable bonds is 2. The minimum Gasteiger partial charge on any atom is -0.347 e. The fourth-order valence-corrected chi connectivity index (χ4v) is 4.71. The predicted molar refractivity (Wildman–Crippen MR) is 84.9 cm³/mol. The van der Waals surface area contributed by atoms with Gasteiger partial charge in [-0.3, -0.25) is 9.69 Å². The van der Waals surface area contributed by atoms with E-state index in [-0.39, 0.29) is 5.91 Å². The highest BCUT2D eigenvalue weighted by molar-refractivity contribution is 5.94. The van der Waals surface area contributed by atoms with E-state index in [2.05, 4.69) is 10.2 Å². The van der Waals surface area contributed by atoms with Crippen LogP contribution in [0.4, 0.5) is 0 Å². The van der Waals surface area contributed by atoms with Gasteiger partial charge in [-0.05, 0) is 69.0 Å². The molecule has 2 bridgehead atoms. The minimum atomic E-state index is 0.0839. The van der Waals surface area contributed by atoms with Crippen molar-refractivity contribution in [2.24, 2.45) is 5.92 Å². The Morgan fingerprint density at radius 3 is 2.77 bits per heavy atom. The molecule has 4 heteroatoms. The molecule has 3 aliphatic heterocycles. The molecule has 3 saturated heterocycles. The third-order valence-electron chi connectivity index (χ3n) is 6.05. The highest BCUT2D eigenvalue weighted by Crippen LogP contribution is 2.53. The van der Waals surface area contributed by atoms with Gasteiger partial charge < -0.3 is 9.72 Å². The lowest BCUT2D eigenvalue weighted by Crippen LogP contribution is -2.65. The van der Waals surface area contributed by atoms with Crippen molar-refractivity contribution in [3.8, 4) is 0 Å². The maximum Gasteiger partial charge on any atom is 0.253 e. The van der Waals surface area contributed by atoms with Crippen LogP contribution in [0.1, 0.15) is 36.0 Å². The number of carbonyl (C=O) groups is 1. The molecule has 0 unspecified atom stereocenters. The molecule has 114 valence electrons. The predicted octanol–water partition coefficient (Wildman–Crippen LogP) is 2.30. The molecule has 1 atom stereocenters. The number of hydrogen-bond acceptors (Lipinski definition) is 2. The SMILES string of the molecule is O=C(N[C@H]1C2CCN(CC2)C12CC2)c1ccc2cccn2c1. The van der Waals surface area contributed by atoms with Crippen LogP contribution in [0.15, 0.2) is 36.7 Å². The Morgan fingerprint density at radius 1 is 1.18 bits per heavy atom. The van der Waals surface area contributed by atoms with Gasteiger partial charge in [0.25, 0.3) is 5.91 Å². The first-order valence-corrected chi connectivity index (χ1v) is 8.39. The molecule has 2 aromatic rings. The maximum absolute atomic E-state index is 12.7. The number of nitrogens with zero attached hydrogens (tertiary/aromatic N) is 2. The zero-order chi connectivity index (χ0) is 14.7. The molecule has 1 spiro atoms. The van der Waals surface area contributed by atoms with Crippen molar-refractivity contribution in [2.75, 3.05) is 13.1 Å². The number of pyridine rings is 1. The molecule has 2 aromatic heterocycles. The molecule has 4 aliphatic rings. The van der Waals surface area contributed by atoms with Gasteiger partial charge in [0.05, 0.1) is 11.6 Å². The second-order valence-corrected chi connectivity index (χ2v) is 7.14. The Balaban J connectivity index is 1.42. The standard InChI is InChI=1S/C18H21N3O/c22-17(14-3-4-15-2-1-9-20(15)12-14)19-16-13-5-10-21(11-6-13)18(16)7-8-18/h1-4,9,12-13,16H,5-8,10-11H2,(H,19,22)/t16-/m0/s1. The van der Waals surface area contributed by atoms with Crippen molar-refractivity contribution in [1.29, 1.82) is 0 Å². The molecular weight excluding hydrogens is 274 g/mol. The molecule has 6 rings (SSSR count). The second kappa shape index (κ2) is 4.35. The Kier molecular flexibility index (Phi) is 2.51. The maximum atomic E-state index is 12.7. The third-order valence-corrected chi connectivity index (χ3v) is 6.05. The first-order chi connectivity index (χ1) is 10.8. The van der Waals surface area contributed by atoms with Crippen LogP contribution < -0.4 is 5.32 Å². The van der Waals surface area contributed by atoms with E-state index in [0.29, 0.717) is 17.5 Å². The Bertz CT molecular complexity index is 738. The number of amides is 1. The van der Waals surface area contributed by atoms with Crippen LogP contribution in [-0.2, 0) is 0 Å². The molecule has 4 fully saturated rings. The molecule has 1 N–H and O–H groups in total. The molecule has 0 radical (unpaired) electrons. The summed E-state index contributed by atoms with van der Waals surface area (Å²) >= 11 is 0. The summed E-state index contributed by atoms with van der Waals surface area (Å²) in [4.78, 5) is 15.4. The summed E-state index contributed by atoms with van der Waals surface area (Å²) in [6.45, 7) is 2.46. The van der Waals surface area contributed by atoms with Crippen LogP contribution in [0.2, 0.25) is 0 Å². The summed E-state index contributed by atoms with van der Waals surface area (Å²) in [6.07, 6.45) is 8.91. The molecule has 1 saturated carbocycles. The van der Waals surface area contributed by atoms with Crippen molar-refractivity contribution in [1.82, 2.24) is 14.6 Å². The van der Waals surface area contributed by atoms with Crippen LogP contribution in [0.25, 0.3) is 5.52 Å². The van der Waals surface area contributed by atoms with E-state index in [1.807, 2.05) is 41.1 Å². The number of carbonyl (C=O) groups excluding carboxylic acids is 1. The largest absolute Gasteiger partial charge is 0.347 e. The van der Waals surface area contributed by atoms with Gasteiger partial charge in [-0.25, -0.2) is 0 Å². The van der Waals surface area contributed by atoms with E-state index in [9.17, 15) is 4.79 Å². The molecule has 5 heterocycles. The van der Waals surface area contributed by atoms with Crippen molar-refractivity contribution in [3.05, 3.63) is 42.2 Å². The number of fused-ring (bicyclic) bond motifs is 3. The van der Waals surface area contributed by atoms with Crippen molar-refractivity contribution < 1.29 is 4.79 Å². The Hall–Kier alpha value is -1.81. The van der Waals surface area contributed by atoms with Gasteiger partial charge in [0, 0.05) is 23.4 Å². The summed E-state index contributed by atoms with van der Waals surface area (Å²) in [5.41, 5.74) is 2.18. The van der Waals surface area contributed by atoms with Crippen LogP contribution >= 0.6 is 0 Å². The van der Waals surface area contributed by atoms with E-state index in [1.165, 1.54) is 38.8 Å². The molecule has 1 amide bonds. The topological polar surface area (TPSA) is 36.8 Å². The van der Waals surface area contributed by atoms with Crippen LogP contribution in [0, 0.1) is 5.92 Å². The fourth-order valence-electron chi connectivity index (χ4n) is 4.71. The van der Waals surface area contributed by atoms with E-state index < -0.39 is 0 Å². The average Bonchev–Trinajstić information content (AvgIpc) is 3.18. The Morgan fingerprint density at radius 2 is 2.00 bits per heavy atom. The smallest absolute Gasteiger partial charge is 0.253 e. The van der Waals surface area contributed by atoms with Crippen molar-refractivity contribution in [3.63, 3.8) is 0 Å². The van der Waals surface area contributed by atoms with E-state index >= 15 is 0 Å². The summed E-state index contributed by atoms with van der Waals surface area (Å²) in [5.74, 6) is 0.757. The molecule has 0 aromatic carbocycles. The van der Waals surface area contributed by atoms with Gasteiger partial charge in [-0.2, -0.15) is 0 Å². The third kappa shape index (κ3) is 1.70. The highest BCUT2D eigenvalue weighted by atomic mass is 16.1. The van der Waals surface area contributed by atoms with E-state index in [4.69, 9.17) is 0 Å². The van der Waals surface area contributed by atoms with Gasteiger partial charge >= 0.3 is 0 Å². The van der Waals surface area contributed by atoms with Gasteiger partial charge in [-0.1, -0.05) is 0 Å². The van der Waals surface area contributed by atoms with E-state index in [0.717, 1.165) is 11.1 Å². The minimum absolute atomic E-state index is 0.0839. The zero-order valence-corrected chi connectivity index (χ0v) is 12.7. The quantitative estimate of drug-likeness (QED) is 0.923. The second-order valence-electron chi connectivity index (χ2n) is 7.14. The number of hydrogen-bond donors (Lipinski definition) is 1. The van der Waals surface area contributed by atoms with Crippen LogP contribution in [-0.4, -0.2) is 39.9 Å². The number of nitrogens with one attached hydrogen (secondary N) is 1. The van der Waals surface area contributed by atoms with Crippen LogP contribution in [0.5, 0.6) is 0 Å². The highest BCUT2D eigenvalue weighted by Gasteiger charge is 2.60. The molecule has 4 nitrogen and oxygen atoms in total. The first-order valence-electron chi connectivity index (χ1n) is 8.39. The lowest BCUT2D eigenvalue weighted by molar-refractivity contribution is -0.00145. The van der Waals surface area contributed by atoms with Crippen LogP contribution in [0.3, 0.4) is 0 Å². The summed E-state index contributed by atoms with van der Waals surface area (Å²) in [6, 6.07) is 8.35. The number of piperidine rings is 3. The van der Waals surface area contributed by atoms with Gasteiger partial charge in [0.1, 0.15) is 0 Å². The van der Waals surface area contributed by atoms with Gasteiger partial charge in [-0.15, -0.1) is 0 Å². The lowest BCUT2D eigenvalue weighted by atomic mass is 9.77. The van der Waals surface area contributed by atoms with Gasteiger partial charge in [0.15, 0.2) is 0 Å². The normalized spacial score (nSPS) is 31.5.